The molecule has 0 aliphatic heterocycles. The van der Waals surface area contributed by atoms with Gasteiger partial charge < -0.3 is 14.9 Å². The SMILES string of the molecule is Cc1cc(C(=O)NCC(C)(O)CC(C)C)on1. The average Bonchev–Trinajstić information content (AvgIpc) is 2.59. The summed E-state index contributed by atoms with van der Waals surface area (Å²) in [5.74, 6) is 0.187. The zero-order chi connectivity index (χ0) is 13.1. The molecule has 96 valence electrons. The second kappa shape index (κ2) is 5.31. The van der Waals surface area contributed by atoms with Gasteiger partial charge in [0, 0.05) is 12.6 Å². The van der Waals surface area contributed by atoms with Crippen LogP contribution in [-0.4, -0.2) is 28.3 Å². The van der Waals surface area contributed by atoms with Crippen LogP contribution >= 0.6 is 0 Å². The maximum Gasteiger partial charge on any atom is 0.290 e. The van der Waals surface area contributed by atoms with E-state index in [-0.39, 0.29) is 18.2 Å². The summed E-state index contributed by atoms with van der Waals surface area (Å²) in [5, 5.41) is 16.3. The standard InChI is InChI=1S/C12H20N2O3/c1-8(2)6-12(4,16)7-13-11(15)10-5-9(3)14-17-10/h5,8,16H,6-7H2,1-4H3,(H,13,15). The topological polar surface area (TPSA) is 75.4 Å². The van der Waals surface area contributed by atoms with Crippen LogP contribution in [-0.2, 0) is 0 Å². The molecule has 0 radical (unpaired) electrons. The lowest BCUT2D eigenvalue weighted by molar-refractivity contribution is 0.0362. The number of carbonyl (C=O) groups excluding carboxylic acids is 1. The number of hydrogen-bond acceptors (Lipinski definition) is 4. The van der Waals surface area contributed by atoms with Crippen LogP contribution in [0, 0.1) is 12.8 Å². The monoisotopic (exact) mass is 240 g/mol. The molecule has 1 atom stereocenters. The van der Waals surface area contributed by atoms with Gasteiger partial charge in [-0.3, -0.25) is 4.79 Å². The van der Waals surface area contributed by atoms with Gasteiger partial charge in [0.25, 0.3) is 5.91 Å². The zero-order valence-corrected chi connectivity index (χ0v) is 10.8. The molecule has 0 aliphatic rings. The highest BCUT2D eigenvalue weighted by Crippen LogP contribution is 2.15. The molecule has 5 nitrogen and oxygen atoms in total. The molecule has 17 heavy (non-hydrogen) atoms. The smallest absolute Gasteiger partial charge is 0.290 e. The lowest BCUT2D eigenvalue weighted by Crippen LogP contribution is -2.41. The third-order valence-corrected chi connectivity index (χ3v) is 2.33. The van der Waals surface area contributed by atoms with E-state index in [9.17, 15) is 9.90 Å². The maximum absolute atomic E-state index is 11.6. The van der Waals surface area contributed by atoms with Gasteiger partial charge in [-0.1, -0.05) is 19.0 Å². The van der Waals surface area contributed by atoms with Gasteiger partial charge in [-0.2, -0.15) is 0 Å². The van der Waals surface area contributed by atoms with Crippen molar-refractivity contribution in [2.75, 3.05) is 6.54 Å². The van der Waals surface area contributed by atoms with Gasteiger partial charge in [0.1, 0.15) is 0 Å². The molecule has 0 saturated heterocycles. The van der Waals surface area contributed by atoms with Crippen molar-refractivity contribution in [1.82, 2.24) is 10.5 Å². The van der Waals surface area contributed by atoms with E-state index >= 15 is 0 Å². The van der Waals surface area contributed by atoms with Crippen LogP contribution in [0.15, 0.2) is 10.6 Å². The highest BCUT2D eigenvalue weighted by molar-refractivity contribution is 5.91. The van der Waals surface area contributed by atoms with Crippen LogP contribution in [0.4, 0.5) is 0 Å². The van der Waals surface area contributed by atoms with Gasteiger partial charge in [-0.15, -0.1) is 0 Å². The number of nitrogens with one attached hydrogen (secondary N) is 1. The second-order valence-electron chi connectivity index (χ2n) is 5.11. The van der Waals surface area contributed by atoms with E-state index in [1.165, 1.54) is 0 Å². The zero-order valence-electron chi connectivity index (χ0n) is 10.8. The number of aromatic nitrogens is 1. The molecule has 1 heterocycles. The number of aliphatic hydroxyl groups is 1. The number of amides is 1. The molecule has 5 heteroatoms. The van der Waals surface area contributed by atoms with Crippen LogP contribution in [0.3, 0.4) is 0 Å². The van der Waals surface area contributed by atoms with Crippen LogP contribution in [0.1, 0.15) is 43.4 Å². The Morgan fingerprint density at radius 1 is 1.65 bits per heavy atom. The van der Waals surface area contributed by atoms with Gasteiger partial charge in [0.2, 0.25) is 5.76 Å². The fraction of sp³-hybridized carbons (Fsp3) is 0.667. The first-order valence-electron chi connectivity index (χ1n) is 5.74. The predicted octanol–water partition coefficient (Wildman–Crippen LogP) is 1.51. The fourth-order valence-corrected chi connectivity index (χ4v) is 1.78. The highest BCUT2D eigenvalue weighted by atomic mass is 16.5. The molecule has 1 unspecified atom stereocenters. The average molecular weight is 240 g/mol. The summed E-state index contributed by atoms with van der Waals surface area (Å²) in [7, 11) is 0. The summed E-state index contributed by atoms with van der Waals surface area (Å²) in [5.41, 5.74) is -0.247. The maximum atomic E-state index is 11.6. The first-order chi connectivity index (χ1) is 7.80. The van der Waals surface area contributed by atoms with Crippen molar-refractivity contribution in [3.05, 3.63) is 17.5 Å². The molecule has 0 saturated carbocycles. The van der Waals surface area contributed by atoms with Gasteiger partial charge in [-0.25, -0.2) is 0 Å². The fourth-order valence-electron chi connectivity index (χ4n) is 1.78. The summed E-state index contributed by atoms with van der Waals surface area (Å²) in [6.07, 6.45) is 0.628. The summed E-state index contributed by atoms with van der Waals surface area (Å²) in [6, 6.07) is 1.56. The Labute approximate surface area is 101 Å². The first-order valence-corrected chi connectivity index (χ1v) is 5.74. The van der Waals surface area contributed by atoms with Crippen molar-refractivity contribution in [2.45, 2.75) is 39.7 Å². The molecule has 0 spiro atoms. The Hall–Kier alpha value is -1.36. The molecule has 0 bridgehead atoms. The minimum absolute atomic E-state index is 0.169. The first kappa shape index (κ1) is 13.7. The third kappa shape index (κ3) is 4.56. The number of nitrogens with zero attached hydrogens (tertiary/aromatic N) is 1. The van der Waals surface area contributed by atoms with E-state index in [0.29, 0.717) is 18.0 Å². The number of carbonyl (C=O) groups is 1. The molecular formula is C12H20N2O3. The Balaban J connectivity index is 2.48. The molecule has 1 rings (SSSR count). The summed E-state index contributed by atoms with van der Waals surface area (Å²) < 4.78 is 4.83. The van der Waals surface area contributed by atoms with E-state index in [1.807, 2.05) is 13.8 Å². The van der Waals surface area contributed by atoms with Crippen molar-refractivity contribution in [1.29, 1.82) is 0 Å². The quantitative estimate of drug-likeness (QED) is 0.818. The largest absolute Gasteiger partial charge is 0.388 e. The molecule has 0 aromatic carbocycles. The van der Waals surface area contributed by atoms with Crippen LogP contribution in [0.2, 0.25) is 0 Å². The van der Waals surface area contributed by atoms with E-state index in [0.717, 1.165) is 0 Å². The highest BCUT2D eigenvalue weighted by Gasteiger charge is 2.23. The minimum atomic E-state index is -0.904. The molecular weight excluding hydrogens is 220 g/mol. The van der Waals surface area contributed by atoms with Gasteiger partial charge in [0.15, 0.2) is 0 Å². The lowest BCUT2D eigenvalue weighted by Gasteiger charge is -2.25. The molecule has 2 N–H and O–H groups in total. The van der Waals surface area contributed by atoms with Crippen LogP contribution < -0.4 is 5.32 Å². The lowest BCUT2D eigenvalue weighted by atomic mass is 9.94. The number of hydrogen-bond donors (Lipinski definition) is 2. The van der Waals surface area contributed by atoms with E-state index in [2.05, 4.69) is 10.5 Å². The summed E-state index contributed by atoms with van der Waals surface area (Å²) in [4.78, 5) is 11.6. The van der Waals surface area contributed by atoms with Crippen LogP contribution in [0.25, 0.3) is 0 Å². The molecule has 1 amide bonds. The van der Waals surface area contributed by atoms with Crippen LogP contribution in [0.5, 0.6) is 0 Å². The summed E-state index contributed by atoms with van der Waals surface area (Å²) >= 11 is 0. The minimum Gasteiger partial charge on any atom is -0.388 e. The van der Waals surface area contributed by atoms with Gasteiger partial charge >= 0.3 is 0 Å². The molecule has 1 aromatic rings. The van der Waals surface area contributed by atoms with Crippen molar-refractivity contribution < 1.29 is 14.4 Å². The number of aryl methyl sites for hydroxylation is 1. The summed E-state index contributed by atoms with van der Waals surface area (Å²) in [6.45, 7) is 7.70. The van der Waals surface area contributed by atoms with Crippen molar-refractivity contribution in [2.24, 2.45) is 5.92 Å². The van der Waals surface area contributed by atoms with Crippen molar-refractivity contribution in [3.63, 3.8) is 0 Å². The Morgan fingerprint density at radius 3 is 2.76 bits per heavy atom. The van der Waals surface area contributed by atoms with Gasteiger partial charge in [0.05, 0.1) is 11.3 Å². The molecule has 0 fully saturated rings. The van der Waals surface area contributed by atoms with E-state index < -0.39 is 5.60 Å². The second-order valence-corrected chi connectivity index (χ2v) is 5.11. The van der Waals surface area contributed by atoms with Crippen molar-refractivity contribution >= 4 is 5.91 Å². The predicted molar refractivity (Wildman–Crippen MR) is 63.7 cm³/mol. The van der Waals surface area contributed by atoms with E-state index in [1.54, 1.807) is 19.9 Å². The Bertz CT molecular complexity index is 383. The van der Waals surface area contributed by atoms with Crippen molar-refractivity contribution in [3.8, 4) is 0 Å². The molecule has 1 aromatic heterocycles. The van der Waals surface area contributed by atoms with E-state index in [4.69, 9.17) is 4.52 Å². The molecule has 0 aliphatic carbocycles. The Morgan fingerprint density at radius 2 is 2.29 bits per heavy atom. The Kier molecular flexibility index (Phi) is 4.28. The number of rotatable bonds is 5. The van der Waals surface area contributed by atoms with Gasteiger partial charge in [-0.05, 0) is 26.2 Å². The normalized spacial score (nSPS) is 14.7. The third-order valence-electron chi connectivity index (χ3n) is 2.33.